The summed E-state index contributed by atoms with van der Waals surface area (Å²) < 4.78 is 0. The molecular weight excluding hydrogens is 382 g/mol. The van der Waals surface area contributed by atoms with Crippen molar-refractivity contribution in [2.45, 2.75) is 130 Å². The second-order valence-corrected chi connectivity index (χ2v) is 11.2. The lowest BCUT2D eigenvalue weighted by molar-refractivity contribution is 0.0513. The topological polar surface area (TPSA) is 43.7 Å². The molecule has 31 heavy (non-hydrogen) atoms. The van der Waals surface area contributed by atoms with Gasteiger partial charge in [0.15, 0.2) is 0 Å². The zero-order valence-corrected chi connectivity index (χ0v) is 21.3. The highest BCUT2D eigenvalue weighted by molar-refractivity contribution is 5.20. The fourth-order valence-electron chi connectivity index (χ4n) is 5.87. The van der Waals surface area contributed by atoms with Gasteiger partial charge in [-0.3, -0.25) is 4.90 Å². The van der Waals surface area contributed by atoms with E-state index in [9.17, 15) is 10.2 Å². The van der Waals surface area contributed by atoms with E-state index in [0.717, 1.165) is 32.1 Å². The second kappa shape index (κ2) is 12.6. The van der Waals surface area contributed by atoms with Crippen LogP contribution in [-0.2, 0) is 0 Å². The molecule has 3 heteroatoms. The molecule has 3 nitrogen and oxygen atoms in total. The van der Waals surface area contributed by atoms with Gasteiger partial charge in [-0.05, 0) is 97.9 Å². The first kappa shape index (κ1) is 26.6. The number of hydrogen-bond acceptors (Lipinski definition) is 3. The summed E-state index contributed by atoms with van der Waals surface area (Å²) in [4.78, 5) is 2.59. The van der Waals surface area contributed by atoms with Crippen LogP contribution in [0.2, 0.25) is 0 Å². The largest absolute Gasteiger partial charge is 0.392 e. The molecule has 0 spiro atoms. The maximum atomic E-state index is 10.6. The molecule has 5 atom stereocenters. The van der Waals surface area contributed by atoms with E-state index in [1.54, 1.807) is 5.57 Å². The molecule has 2 aliphatic carbocycles. The minimum atomic E-state index is -0.616. The summed E-state index contributed by atoms with van der Waals surface area (Å²) in [5, 5.41) is 21.1. The van der Waals surface area contributed by atoms with Crippen molar-refractivity contribution in [3.05, 3.63) is 23.8 Å². The maximum absolute atomic E-state index is 10.6. The van der Waals surface area contributed by atoms with Crippen LogP contribution in [0, 0.1) is 17.8 Å². The minimum Gasteiger partial charge on any atom is -0.392 e. The molecule has 0 bridgehead atoms. The van der Waals surface area contributed by atoms with Gasteiger partial charge >= 0.3 is 0 Å². The van der Waals surface area contributed by atoms with Gasteiger partial charge in [-0.2, -0.15) is 0 Å². The van der Waals surface area contributed by atoms with Crippen LogP contribution in [-0.4, -0.2) is 45.4 Å². The first-order valence-electron chi connectivity index (χ1n) is 13.2. The summed E-state index contributed by atoms with van der Waals surface area (Å²) in [5.41, 5.74) is 1.01. The Morgan fingerprint density at radius 2 is 1.84 bits per heavy atom. The van der Waals surface area contributed by atoms with Crippen molar-refractivity contribution in [1.82, 2.24) is 4.90 Å². The Morgan fingerprint density at radius 1 is 1.13 bits per heavy atom. The summed E-state index contributed by atoms with van der Waals surface area (Å²) >= 11 is 0. The molecule has 180 valence electrons. The van der Waals surface area contributed by atoms with Crippen LogP contribution < -0.4 is 0 Å². The molecular formula is C28H51NO2. The molecule has 2 N–H and O–H groups in total. The molecule has 2 aliphatic rings. The van der Waals surface area contributed by atoms with Crippen molar-refractivity contribution in [3.8, 4) is 0 Å². The van der Waals surface area contributed by atoms with E-state index in [2.05, 4.69) is 57.7 Å². The molecule has 2 rings (SSSR count). The predicted molar refractivity (Wildman–Crippen MR) is 133 cm³/mol. The quantitative estimate of drug-likeness (QED) is 0.243. The van der Waals surface area contributed by atoms with Crippen molar-refractivity contribution in [1.29, 1.82) is 0 Å². The molecule has 1 saturated carbocycles. The molecule has 0 heterocycles. The normalized spacial score (nSPS) is 28.2. The monoisotopic (exact) mass is 433 g/mol. The number of allylic oxidation sites excluding steroid dienone is 2. The average Bonchev–Trinajstić information content (AvgIpc) is 3.19. The summed E-state index contributed by atoms with van der Waals surface area (Å²) in [6.07, 6.45) is 17.6. The van der Waals surface area contributed by atoms with E-state index >= 15 is 0 Å². The third kappa shape index (κ3) is 8.33. The highest BCUT2D eigenvalue weighted by Gasteiger charge is 2.43. The third-order valence-electron chi connectivity index (χ3n) is 7.68. The summed E-state index contributed by atoms with van der Waals surface area (Å²) in [7, 11) is 0. The standard InChI is InChI=1S/C28H51NO2/c1-7-8-15-28(6,31)16-12-14-25-26-19-23(18-24(26)20-27(25)30)13-10-9-11-17-29(21(2)3)22(4)5/h12,14,18,21-22,24-27,30-31H,7-11,13,15-17,19-20H2,1-6H3/b14-12+/t24-,25+,26-,27+,28-/m0/s1. The van der Waals surface area contributed by atoms with Crippen LogP contribution in [0.15, 0.2) is 23.8 Å². The Hall–Kier alpha value is -0.640. The van der Waals surface area contributed by atoms with Gasteiger partial charge < -0.3 is 10.2 Å². The molecule has 0 radical (unpaired) electrons. The van der Waals surface area contributed by atoms with E-state index in [0.29, 0.717) is 30.3 Å². The van der Waals surface area contributed by atoms with Gasteiger partial charge in [-0.25, -0.2) is 0 Å². The van der Waals surface area contributed by atoms with Crippen LogP contribution in [0.3, 0.4) is 0 Å². The van der Waals surface area contributed by atoms with Crippen molar-refractivity contribution in [2.75, 3.05) is 6.54 Å². The number of aliphatic hydroxyl groups excluding tert-OH is 1. The summed E-state index contributed by atoms with van der Waals surface area (Å²) in [5.74, 6) is 1.38. The third-order valence-corrected chi connectivity index (χ3v) is 7.68. The second-order valence-electron chi connectivity index (χ2n) is 11.2. The Labute approximate surface area is 193 Å². The Balaban J connectivity index is 1.74. The Bertz CT molecular complexity index is 570. The highest BCUT2D eigenvalue weighted by Crippen LogP contribution is 2.48. The van der Waals surface area contributed by atoms with Gasteiger partial charge in [0.25, 0.3) is 0 Å². The molecule has 0 aromatic carbocycles. The van der Waals surface area contributed by atoms with Crippen molar-refractivity contribution >= 4 is 0 Å². The number of aliphatic hydroxyl groups is 2. The lowest BCUT2D eigenvalue weighted by Crippen LogP contribution is -2.37. The molecule has 0 aromatic heterocycles. The Kier molecular flexibility index (Phi) is 10.8. The van der Waals surface area contributed by atoms with E-state index in [4.69, 9.17) is 0 Å². The molecule has 0 aromatic rings. The Morgan fingerprint density at radius 3 is 2.48 bits per heavy atom. The first-order chi connectivity index (χ1) is 14.6. The van der Waals surface area contributed by atoms with Gasteiger partial charge in [0.1, 0.15) is 0 Å². The average molecular weight is 434 g/mol. The molecule has 0 saturated heterocycles. The summed E-state index contributed by atoms with van der Waals surface area (Å²) in [6, 6.07) is 1.26. The SMILES string of the molecule is CCCC[C@](C)(O)C/C=C/[C@@H]1[C@H]2CC(CCCCCN(C(C)C)C(C)C)=C[C@H]2C[C@H]1O. The van der Waals surface area contributed by atoms with E-state index < -0.39 is 5.60 Å². The van der Waals surface area contributed by atoms with Crippen LogP contribution in [0.25, 0.3) is 0 Å². The van der Waals surface area contributed by atoms with Crippen molar-refractivity contribution < 1.29 is 10.2 Å². The fourth-order valence-corrected chi connectivity index (χ4v) is 5.87. The van der Waals surface area contributed by atoms with Crippen molar-refractivity contribution in [3.63, 3.8) is 0 Å². The maximum Gasteiger partial charge on any atom is 0.0654 e. The van der Waals surface area contributed by atoms with Crippen molar-refractivity contribution in [2.24, 2.45) is 17.8 Å². The number of nitrogens with zero attached hydrogens (tertiary/aromatic N) is 1. The van der Waals surface area contributed by atoms with Crippen LogP contribution in [0.1, 0.15) is 106 Å². The molecule has 1 fully saturated rings. The minimum absolute atomic E-state index is 0.220. The van der Waals surface area contributed by atoms with Crippen LogP contribution in [0.5, 0.6) is 0 Å². The molecule has 0 unspecified atom stereocenters. The lowest BCUT2D eigenvalue weighted by atomic mass is 9.87. The van der Waals surface area contributed by atoms with Gasteiger partial charge in [-0.15, -0.1) is 0 Å². The zero-order valence-electron chi connectivity index (χ0n) is 21.3. The van der Waals surface area contributed by atoms with Gasteiger partial charge in [-0.1, -0.05) is 50.0 Å². The highest BCUT2D eigenvalue weighted by atomic mass is 16.3. The van der Waals surface area contributed by atoms with E-state index in [1.165, 1.54) is 32.2 Å². The van der Waals surface area contributed by atoms with Crippen LogP contribution >= 0.6 is 0 Å². The summed E-state index contributed by atoms with van der Waals surface area (Å²) in [6.45, 7) is 14.5. The fraction of sp³-hybridized carbons (Fsp3) is 0.857. The first-order valence-corrected chi connectivity index (χ1v) is 13.2. The van der Waals surface area contributed by atoms with Gasteiger partial charge in [0, 0.05) is 18.0 Å². The van der Waals surface area contributed by atoms with E-state index in [-0.39, 0.29) is 12.0 Å². The lowest BCUT2D eigenvalue weighted by Gasteiger charge is -2.30. The van der Waals surface area contributed by atoms with Crippen LogP contribution in [0.4, 0.5) is 0 Å². The zero-order chi connectivity index (χ0) is 23.0. The van der Waals surface area contributed by atoms with Gasteiger partial charge in [0.2, 0.25) is 0 Å². The number of unbranched alkanes of at least 4 members (excludes halogenated alkanes) is 3. The number of fused-ring (bicyclic) bond motifs is 1. The number of rotatable bonds is 14. The molecule has 0 aliphatic heterocycles. The number of hydrogen-bond donors (Lipinski definition) is 2. The van der Waals surface area contributed by atoms with E-state index in [1.807, 2.05) is 6.92 Å². The smallest absolute Gasteiger partial charge is 0.0654 e. The molecule has 0 amide bonds. The van der Waals surface area contributed by atoms with Gasteiger partial charge in [0.05, 0.1) is 11.7 Å². The predicted octanol–water partition coefficient (Wildman–Crippen LogP) is 6.50.